The topological polar surface area (TPSA) is 72.5 Å². The van der Waals surface area contributed by atoms with Crippen LogP contribution in [0.2, 0.25) is 0 Å². The Hall–Kier alpha value is -2.34. The van der Waals surface area contributed by atoms with Gasteiger partial charge in [-0.2, -0.15) is 0 Å². The van der Waals surface area contributed by atoms with Crippen molar-refractivity contribution in [2.45, 2.75) is 11.4 Å². The second kappa shape index (κ2) is 6.62. The largest absolute Gasteiger partial charge is 0.465 e. The normalized spacial score (nSPS) is 11.0. The van der Waals surface area contributed by atoms with E-state index in [9.17, 15) is 13.2 Å². The van der Waals surface area contributed by atoms with Crippen LogP contribution in [0.25, 0.3) is 0 Å². The number of rotatable bonds is 5. The fourth-order valence-electron chi connectivity index (χ4n) is 1.93. The number of anilines is 1. The minimum absolute atomic E-state index is 0.299. The summed E-state index contributed by atoms with van der Waals surface area (Å²) in [5.74, 6) is -0.382. The minimum atomic E-state index is -3.21. The van der Waals surface area contributed by atoms with Crippen LogP contribution < -0.4 is 5.32 Å². The first-order valence-corrected chi connectivity index (χ1v) is 8.50. The zero-order valence-corrected chi connectivity index (χ0v) is 13.2. The SMILES string of the molecule is COC(=O)c1ccc(NCc2cccc(S(C)(=O)=O)c2)cc1. The van der Waals surface area contributed by atoms with Gasteiger partial charge in [0.15, 0.2) is 9.84 Å². The number of ether oxygens (including phenoxy) is 1. The average molecular weight is 319 g/mol. The van der Waals surface area contributed by atoms with E-state index in [0.717, 1.165) is 11.3 Å². The van der Waals surface area contributed by atoms with Gasteiger partial charge in [-0.15, -0.1) is 0 Å². The van der Waals surface area contributed by atoms with E-state index in [1.807, 2.05) is 6.07 Å². The maximum absolute atomic E-state index is 11.5. The van der Waals surface area contributed by atoms with E-state index < -0.39 is 9.84 Å². The van der Waals surface area contributed by atoms with Crippen molar-refractivity contribution in [2.24, 2.45) is 0 Å². The zero-order chi connectivity index (χ0) is 16.2. The van der Waals surface area contributed by atoms with Crippen LogP contribution in [0, 0.1) is 0 Å². The van der Waals surface area contributed by atoms with Gasteiger partial charge in [-0.3, -0.25) is 0 Å². The van der Waals surface area contributed by atoms with Crippen molar-refractivity contribution in [1.29, 1.82) is 0 Å². The molecule has 0 aliphatic rings. The van der Waals surface area contributed by atoms with Crippen molar-refractivity contribution in [1.82, 2.24) is 0 Å². The Morgan fingerprint density at radius 3 is 2.41 bits per heavy atom. The van der Waals surface area contributed by atoms with E-state index in [0.29, 0.717) is 17.0 Å². The van der Waals surface area contributed by atoms with Gasteiger partial charge in [0.05, 0.1) is 17.6 Å². The van der Waals surface area contributed by atoms with E-state index in [1.165, 1.54) is 13.4 Å². The average Bonchev–Trinajstić information content (AvgIpc) is 2.52. The van der Waals surface area contributed by atoms with E-state index in [-0.39, 0.29) is 5.97 Å². The van der Waals surface area contributed by atoms with Gasteiger partial charge in [-0.25, -0.2) is 13.2 Å². The fraction of sp³-hybridized carbons (Fsp3) is 0.188. The molecule has 1 N–H and O–H groups in total. The smallest absolute Gasteiger partial charge is 0.337 e. The van der Waals surface area contributed by atoms with Gasteiger partial charge in [0.1, 0.15) is 0 Å². The molecule has 0 atom stereocenters. The van der Waals surface area contributed by atoms with Crippen LogP contribution in [0.4, 0.5) is 5.69 Å². The Morgan fingerprint density at radius 2 is 1.82 bits per heavy atom. The molecule has 0 spiro atoms. The first-order valence-electron chi connectivity index (χ1n) is 6.61. The number of nitrogens with one attached hydrogen (secondary N) is 1. The lowest BCUT2D eigenvalue weighted by Gasteiger charge is -2.08. The van der Waals surface area contributed by atoms with E-state index in [4.69, 9.17) is 0 Å². The van der Waals surface area contributed by atoms with E-state index in [1.54, 1.807) is 42.5 Å². The summed E-state index contributed by atoms with van der Waals surface area (Å²) in [5.41, 5.74) is 2.17. The number of sulfone groups is 1. The van der Waals surface area contributed by atoms with Gasteiger partial charge in [-0.1, -0.05) is 12.1 Å². The van der Waals surface area contributed by atoms with Crippen LogP contribution in [0.15, 0.2) is 53.4 Å². The molecule has 0 bridgehead atoms. The monoisotopic (exact) mass is 319 g/mol. The summed E-state index contributed by atoms with van der Waals surface area (Å²) in [4.78, 5) is 11.6. The highest BCUT2D eigenvalue weighted by Crippen LogP contribution is 2.15. The molecule has 5 nitrogen and oxygen atoms in total. The molecule has 0 fully saturated rings. The zero-order valence-electron chi connectivity index (χ0n) is 12.4. The molecule has 0 aromatic heterocycles. The highest BCUT2D eigenvalue weighted by Gasteiger charge is 2.07. The van der Waals surface area contributed by atoms with Crippen LogP contribution in [-0.4, -0.2) is 27.8 Å². The first kappa shape index (κ1) is 16.0. The molecule has 0 saturated carbocycles. The molecule has 2 aromatic rings. The van der Waals surface area contributed by atoms with Gasteiger partial charge < -0.3 is 10.1 Å². The number of esters is 1. The predicted octanol–water partition coefficient (Wildman–Crippen LogP) is 2.49. The number of carbonyl (C=O) groups excluding carboxylic acids is 1. The number of carbonyl (C=O) groups is 1. The predicted molar refractivity (Wildman–Crippen MR) is 84.7 cm³/mol. The molecule has 0 saturated heterocycles. The molecule has 0 aliphatic heterocycles. The summed E-state index contributed by atoms with van der Waals surface area (Å²) in [6.45, 7) is 0.487. The number of benzene rings is 2. The Labute approximate surface area is 129 Å². The standard InChI is InChI=1S/C16H17NO4S/c1-21-16(18)13-6-8-14(9-7-13)17-11-12-4-3-5-15(10-12)22(2,19)20/h3-10,17H,11H2,1-2H3. The van der Waals surface area contributed by atoms with Gasteiger partial charge in [-0.05, 0) is 42.0 Å². The molecule has 2 aromatic carbocycles. The van der Waals surface area contributed by atoms with E-state index in [2.05, 4.69) is 10.1 Å². The number of hydrogen-bond acceptors (Lipinski definition) is 5. The van der Waals surface area contributed by atoms with Gasteiger partial charge >= 0.3 is 5.97 Å². The van der Waals surface area contributed by atoms with Crippen molar-refractivity contribution in [2.75, 3.05) is 18.7 Å². The van der Waals surface area contributed by atoms with Crippen molar-refractivity contribution >= 4 is 21.5 Å². The second-order valence-corrected chi connectivity index (χ2v) is 6.86. The Balaban J connectivity index is 2.06. The maximum atomic E-state index is 11.5. The number of methoxy groups -OCH3 is 1. The lowest BCUT2D eigenvalue weighted by molar-refractivity contribution is 0.0601. The summed E-state index contributed by atoms with van der Waals surface area (Å²) < 4.78 is 27.7. The van der Waals surface area contributed by atoms with Crippen LogP contribution in [0.3, 0.4) is 0 Å². The lowest BCUT2D eigenvalue weighted by Crippen LogP contribution is -2.04. The summed E-state index contributed by atoms with van der Waals surface area (Å²) >= 11 is 0. The van der Waals surface area contributed by atoms with Gasteiger partial charge in [0, 0.05) is 18.5 Å². The van der Waals surface area contributed by atoms with Crippen molar-refractivity contribution in [3.05, 3.63) is 59.7 Å². The summed E-state index contributed by atoms with van der Waals surface area (Å²) in [6.07, 6.45) is 1.19. The third kappa shape index (κ3) is 4.08. The first-order chi connectivity index (χ1) is 10.4. The molecular weight excluding hydrogens is 302 g/mol. The lowest BCUT2D eigenvalue weighted by atomic mass is 10.2. The van der Waals surface area contributed by atoms with Crippen molar-refractivity contribution in [3.8, 4) is 0 Å². The highest BCUT2D eigenvalue weighted by atomic mass is 32.2. The Morgan fingerprint density at radius 1 is 1.14 bits per heavy atom. The molecule has 116 valence electrons. The molecule has 0 unspecified atom stereocenters. The Bertz CT molecular complexity index is 767. The van der Waals surface area contributed by atoms with Gasteiger partial charge in [0.25, 0.3) is 0 Å². The Kier molecular flexibility index (Phi) is 4.82. The highest BCUT2D eigenvalue weighted by molar-refractivity contribution is 7.90. The van der Waals surface area contributed by atoms with Crippen LogP contribution in [-0.2, 0) is 21.1 Å². The quantitative estimate of drug-likeness (QED) is 0.857. The molecule has 6 heteroatoms. The summed E-state index contributed by atoms with van der Waals surface area (Å²) in [5, 5.41) is 3.18. The van der Waals surface area contributed by atoms with Crippen LogP contribution in [0.5, 0.6) is 0 Å². The molecule has 22 heavy (non-hydrogen) atoms. The third-order valence-electron chi connectivity index (χ3n) is 3.13. The summed E-state index contributed by atoms with van der Waals surface area (Å²) in [6, 6.07) is 13.7. The third-order valence-corrected chi connectivity index (χ3v) is 4.24. The summed E-state index contributed by atoms with van der Waals surface area (Å²) in [7, 11) is -1.87. The molecule has 0 amide bonds. The number of hydrogen-bond donors (Lipinski definition) is 1. The molecule has 2 rings (SSSR count). The molecule has 0 aliphatic carbocycles. The minimum Gasteiger partial charge on any atom is -0.465 e. The maximum Gasteiger partial charge on any atom is 0.337 e. The van der Waals surface area contributed by atoms with Crippen LogP contribution >= 0.6 is 0 Å². The van der Waals surface area contributed by atoms with Crippen molar-refractivity contribution in [3.63, 3.8) is 0 Å². The van der Waals surface area contributed by atoms with E-state index >= 15 is 0 Å². The fourth-order valence-corrected chi connectivity index (χ4v) is 2.62. The van der Waals surface area contributed by atoms with Crippen molar-refractivity contribution < 1.29 is 17.9 Å². The van der Waals surface area contributed by atoms with Crippen LogP contribution in [0.1, 0.15) is 15.9 Å². The molecular formula is C16H17NO4S. The second-order valence-electron chi connectivity index (χ2n) is 4.84. The van der Waals surface area contributed by atoms with Gasteiger partial charge in [0.2, 0.25) is 0 Å². The molecule has 0 heterocycles. The molecule has 0 radical (unpaired) electrons.